The molecule has 0 aliphatic carbocycles. The predicted molar refractivity (Wildman–Crippen MR) is 454 cm³/mol. The Labute approximate surface area is 700 Å². The molecular formula is C78H83F6I6N12O7-. The van der Waals surface area contributed by atoms with E-state index in [0.29, 0.717) is 80.6 Å². The Bertz CT molecular complexity index is 4450. The van der Waals surface area contributed by atoms with Crippen molar-refractivity contribution >= 4 is 144 Å². The summed E-state index contributed by atoms with van der Waals surface area (Å²) in [6, 6.07) is 45.4. The molecule has 0 unspecified atom stereocenters. The van der Waals surface area contributed by atoms with Crippen LogP contribution in [0, 0.1) is 60.6 Å². The number of piperazine rings is 2. The number of rotatable bonds is 19. The van der Waals surface area contributed by atoms with Crippen LogP contribution in [-0.2, 0) is 33.8 Å². The zero-order valence-electron chi connectivity index (χ0n) is 60.0. The van der Waals surface area contributed by atoms with E-state index in [0.717, 1.165) is 110 Å². The molecule has 1 amide bonds. The second-order valence-electron chi connectivity index (χ2n) is 25.6. The minimum Gasteiger partial charge on any atom is -0.399 e. The van der Waals surface area contributed by atoms with Gasteiger partial charge in [0.15, 0.2) is 0 Å². The van der Waals surface area contributed by atoms with Crippen LogP contribution in [0.2, 0.25) is 0 Å². The summed E-state index contributed by atoms with van der Waals surface area (Å²) >= 11 is 9.54. The van der Waals surface area contributed by atoms with Crippen LogP contribution in [0.5, 0.6) is 11.5 Å². The summed E-state index contributed by atoms with van der Waals surface area (Å²) < 4.78 is 111. The third kappa shape index (κ3) is 24.7. The van der Waals surface area contributed by atoms with Crippen LogP contribution in [0.4, 0.5) is 60.5 Å². The molecule has 14 rings (SSSR count). The number of aromatic carboxylic acids is 1. The molecule has 0 saturated carbocycles. The van der Waals surface area contributed by atoms with Gasteiger partial charge in [0, 0.05) is 164 Å². The minimum absolute atomic E-state index is 0. The smallest absolute Gasteiger partial charge is 0.123 e. The number of ether oxygens (including phenoxy) is 4. The predicted octanol–water partition coefficient (Wildman–Crippen LogP) is 15.1. The van der Waals surface area contributed by atoms with Crippen LogP contribution in [-0.4, -0.2) is 125 Å². The Morgan fingerprint density at radius 1 is 0.532 bits per heavy atom. The van der Waals surface area contributed by atoms with Gasteiger partial charge >= 0.3 is 56.5 Å². The fraction of sp³-hybridized carbons (Fsp3) is 0.308. The Kier molecular flexibility index (Phi) is 35.1. The van der Waals surface area contributed by atoms with Gasteiger partial charge < -0.3 is 54.7 Å². The number of aryl methyl sites for hydroxylation is 2. The van der Waals surface area contributed by atoms with Gasteiger partial charge in [0.05, 0.1) is 45.1 Å². The molecule has 0 radical (unpaired) electrons. The van der Waals surface area contributed by atoms with E-state index in [1.54, 1.807) is 46.3 Å². The van der Waals surface area contributed by atoms with E-state index in [-0.39, 0.29) is 72.0 Å². The van der Waals surface area contributed by atoms with Crippen LogP contribution in [0.25, 0.3) is 0 Å². The number of aromatic nitrogens is 6. The number of carbonyl (C=O) groups is 2. The monoisotopic (exact) mass is 2180 g/mol. The Hall–Kier alpha value is -6.54. The van der Waals surface area contributed by atoms with Crippen molar-refractivity contribution in [1.82, 2.24) is 29.5 Å². The van der Waals surface area contributed by atoms with Crippen molar-refractivity contribution in [2.75, 3.05) is 109 Å². The topological polar surface area (TPSA) is 204 Å². The number of nitrogen functional groups attached to an aromatic ring is 1. The first kappa shape index (κ1) is 88.0. The zero-order chi connectivity index (χ0) is 77.3. The number of nitrogens with one attached hydrogen (secondary N) is 1. The van der Waals surface area contributed by atoms with Gasteiger partial charge in [-0.25, -0.2) is 50.5 Å². The van der Waals surface area contributed by atoms with E-state index in [1.807, 2.05) is 64.1 Å². The number of carboxylic acids is 1. The van der Waals surface area contributed by atoms with Crippen molar-refractivity contribution in [2.45, 2.75) is 64.8 Å². The van der Waals surface area contributed by atoms with E-state index in [1.165, 1.54) is 85.5 Å². The van der Waals surface area contributed by atoms with E-state index >= 15 is 0 Å². The van der Waals surface area contributed by atoms with Crippen molar-refractivity contribution in [3.05, 3.63) is 263 Å². The summed E-state index contributed by atoms with van der Waals surface area (Å²) in [5.41, 5.74) is 12.1. The SMILES string of the molecule is CC.Cc1cc(N2CCN(c3ccc(C(=O)Nc4ccc(F)cc4)cc3)CC2)ccc1OC[C@@H]1CO[C@@](Cn2cncn2)(c2ccc(F)cc2F)C1.Cc1cc(N2CCN(c3ccc(C(=O)O)cc3)CC2)ccc1OC[C@@H]1CO[C@@](Cn2cncn2)(c2ccc(F)cc2F)C1.I.II.I[I-]I.Nc1ccc(F)cc1. The molecule has 109 heavy (non-hydrogen) atoms. The van der Waals surface area contributed by atoms with E-state index in [2.05, 4.69) is 144 Å². The quantitative estimate of drug-likeness (QED) is 0.0391. The standard InChI is InChI=1S/C38H37F3N6O3.C32H33F2N5O4.C6H6FN.C2H6.I3.I2.HI/c1-26-18-33(46-16-14-45(15-17-46)32-9-2-28(3-10-32)37(48)44-31-7-4-29(39)5-8-31)11-13-36(26)49-21-27-20-38(50-22-27,23-47-25-42-24-43-47)34-12-6-30(40)19-35(34)41;1-22-14-27(38-12-10-37(11-13-38)26-5-2-24(3-6-26)31(40)41)7-9-30(22)42-17-23-16-32(43-18-23,19-39-21-35-20-36-39)28-8-4-25(33)15-29(28)34;7-5-1-3-6(8)4-2-5;1-2;1-3-2;1-2;/h2-13,18-19,24-25,27H,14-17,20-23H2,1H3,(H,44,48);2-9,14-15,20-21,23H,10-13,16-19H2,1H3,(H,40,41);1-4H,8H2;1-2H3;;;1H/q;;;;-1;;/t27-,38+;23-,32+;;;;;/m11...../s1. The summed E-state index contributed by atoms with van der Waals surface area (Å²) in [4.78, 5) is 41.0. The van der Waals surface area contributed by atoms with Crippen LogP contribution < -0.4 is 53.4 Å². The molecule has 4 saturated heterocycles. The largest absolute Gasteiger partial charge is 0.399 e. The number of benzene rings is 8. The molecular weight excluding hydrogens is 2090 g/mol. The van der Waals surface area contributed by atoms with Gasteiger partial charge in [-0.05, 0) is 183 Å². The number of carbonyl (C=O) groups excluding carboxylic acids is 1. The number of amides is 1. The Morgan fingerprint density at radius 2 is 0.890 bits per heavy atom. The molecule has 2 aromatic heterocycles. The molecule has 4 fully saturated rings. The fourth-order valence-electron chi connectivity index (χ4n) is 13.3. The first-order valence-corrected chi connectivity index (χ1v) is 53.4. The summed E-state index contributed by atoms with van der Waals surface area (Å²) in [5.74, 6) is -2.82. The molecule has 31 heteroatoms. The maximum Gasteiger partial charge on any atom is 0.123 e. The molecule has 4 atom stereocenters. The number of hydrogen-bond donors (Lipinski definition) is 3. The normalized spacial score (nSPS) is 17.8. The molecule has 0 spiro atoms. The number of carboxylic acid groups (broad SMARTS) is 1. The minimum atomic E-state index is -1.03. The van der Waals surface area contributed by atoms with E-state index in [9.17, 15) is 35.9 Å². The van der Waals surface area contributed by atoms with Gasteiger partial charge in [-0.3, -0.25) is 4.79 Å². The van der Waals surface area contributed by atoms with Crippen molar-refractivity contribution in [2.24, 2.45) is 11.8 Å². The number of nitrogens with two attached hydrogens (primary N) is 1. The van der Waals surface area contributed by atoms with Gasteiger partial charge in [0.2, 0.25) is 0 Å². The number of anilines is 6. The molecule has 4 aliphatic rings. The average molecular weight is 2180 g/mol. The van der Waals surface area contributed by atoms with Crippen molar-refractivity contribution in [3.8, 4) is 11.5 Å². The van der Waals surface area contributed by atoms with Crippen LogP contribution >= 0.6 is 98.4 Å². The maximum absolute atomic E-state index is 15.0. The Morgan fingerprint density at radius 3 is 1.24 bits per heavy atom. The van der Waals surface area contributed by atoms with Crippen LogP contribution in [0.1, 0.15) is 69.7 Å². The molecule has 582 valence electrons. The van der Waals surface area contributed by atoms with Crippen molar-refractivity contribution in [1.29, 1.82) is 0 Å². The van der Waals surface area contributed by atoms with Crippen LogP contribution in [0.3, 0.4) is 0 Å². The molecule has 10 aromatic rings. The first-order chi connectivity index (χ1) is 52.2. The average Bonchev–Trinajstić information content (AvgIpc) is 1.66. The van der Waals surface area contributed by atoms with E-state index in [4.69, 9.17) is 29.8 Å². The molecule has 8 aromatic carbocycles. The summed E-state index contributed by atoms with van der Waals surface area (Å²) in [6.45, 7) is 16.7. The van der Waals surface area contributed by atoms with Crippen molar-refractivity contribution in [3.63, 3.8) is 0 Å². The van der Waals surface area contributed by atoms with Gasteiger partial charge in [0.25, 0.3) is 5.91 Å². The van der Waals surface area contributed by atoms with E-state index < -0.39 is 40.4 Å². The van der Waals surface area contributed by atoms with Gasteiger partial charge in [-0.1, -0.05) is 26.0 Å². The van der Waals surface area contributed by atoms with Gasteiger partial charge in [-0.2, -0.15) is 10.2 Å². The molecule has 0 bridgehead atoms. The third-order valence-electron chi connectivity index (χ3n) is 18.5. The zero-order valence-corrected chi connectivity index (χ0v) is 73.1. The Balaban J connectivity index is 0.000000231. The summed E-state index contributed by atoms with van der Waals surface area (Å²) in [7, 11) is 0. The first-order valence-electron chi connectivity index (χ1n) is 34.6. The second kappa shape index (κ2) is 43.5. The number of nitrogens with zero attached hydrogens (tertiary/aromatic N) is 10. The maximum atomic E-state index is 15.0. The number of halogens is 12. The summed E-state index contributed by atoms with van der Waals surface area (Å²) in [5, 5.41) is 20.3. The number of hydrogen-bond acceptors (Lipinski definition) is 15. The van der Waals surface area contributed by atoms with Crippen molar-refractivity contribution < 1.29 is 73.2 Å². The molecule has 4 aliphatic heterocycles. The second-order valence-corrected chi connectivity index (χ2v) is 41.9. The fourth-order valence-corrected chi connectivity index (χ4v) is 13.3. The molecule has 4 N–H and O–H groups in total. The molecule has 6 heterocycles. The van der Waals surface area contributed by atoms with Crippen LogP contribution in [0.15, 0.2) is 195 Å². The summed E-state index contributed by atoms with van der Waals surface area (Å²) in [6.07, 6.45) is 6.90. The molecule has 19 nitrogen and oxygen atoms in total. The van der Waals surface area contributed by atoms with Gasteiger partial charge in [-0.15, -0.1) is 24.0 Å². The third-order valence-corrected chi connectivity index (χ3v) is 18.5. The van der Waals surface area contributed by atoms with Gasteiger partial charge in [0.1, 0.15) is 82.9 Å².